The Morgan fingerprint density at radius 2 is 2.15 bits per heavy atom. The molecule has 0 fully saturated rings. The predicted molar refractivity (Wildman–Crippen MR) is 77.2 cm³/mol. The van der Waals surface area contributed by atoms with Gasteiger partial charge >= 0.3 is 0 Å². The molecule has 0 saturated carbocycles. The van der Waals surface area contributed by atoms with Gasteiger partial charge in [0.25, 0.3) is 0 Å². The van der Waals surface area contributed by atoms with Gasteiger partial charge < -0.3 is 4.74 Å². The lowest BCUT2D eigenvalue weighted by molar-refractivity contribution is 0.414. The highest BCUT2D eigenvalue weighted by Crippen LogP contribution is 2.39. The van der Waals surface area contributed by atoms with Crippen molar-refractivity contribution >= 4 is 5.71 Å². The molecule has 0 saturated heterocycles. The Morgan fingerprint density at radius 1 is 1.40 bits per heavy atom. The summed E-state index contributed by atoms with van der Waals surface area (Å²) in [5.41, 5.74) is 2.90. The third-order valence-corrected chi connectivity index (χ3v) is 3.51. The number of benzene rings is 1. The molecule has 100 valence electrons. The molecule has 0 bridgehead atoms. The summed E-state index contributed by atoms with van der Waals surface area (Å²) in [7, 11) is 1.60. The second-order valence-electron chi connectivity index (χ2n) is 4.70. The number of allylic oxidation sites excluding steroid dienone is 2. The van der Waals surface area contributed by atoms with Crippen LogP contribution in [0.25, 0.3) is 4.85 Å². The highest BCUT2D eigenvalue weighted by molar-refractivity contribution is 5.90. The van der Waals surface area contributed by atoms with Crippen LogP contribution in [0, 0.1) is 23.8 Å². The lowest BCUT2D eigenvalue weighted by atomic mass is 9.79. The third kappa shape index (κ3) is 2.29. The Labute approximate surface area is 118 Å². The maximum Gasteiger partial charge on any atom is 0.195 e. The molecule has 1 aromatic carbocycles. The molecule has 2 unspecified atom stereocenters. The second-order valence-corrected chi connectivity index (χ2v) is 4.70. The minimum Gasteiger partial charge on any atom is -0.497 e. The molecule has 1 aromatic rings. The van der Waals surface area contributed by atoms with Crippen molar-refractivity contribution in [2.75, 3.05) is 7.11 Å². The fraction of sp³-hybridized carbons (Fsp3) is 0.312. The first-order valence-corrected chi connectivity index (χ1v) is 6.29. The Kier molecular flexibility index (Phi) is 3.86. The van der Waals surface area contributed by atoms with E-state index < -0.39 is 5.92 Å². The first-order chi connectivity index (χ1) is 9.62. The summed E-state index contributed by atoms with van der Waals surface area (Å²) in [4.78, 5) is 7.94. The number of ether oxygens (including phenoxy) is 1. The first kappa shape index (κ1) is 13.8. The molecular weight excluding hydrogens is 250 g/mol. The summed E-state index contributed by atoms with van der Waals surface area (Å²) in [5.74, 6) is 0.0429. The normalized spacial score (nSPS) is 21.8. The summed E-state index contributed by atoms with van der Waals surface area (Å²) in [6.45, 7) is 11.0. The van der Waals surface area contributed by atoms with E-state index >= 15 is 0 Å². The number of hydrogen-bond acceptors (Lipinski definition) is 3. The Morgan fingerprint density at radius 3 is 2.75 bits per heavy atom. The smallest absolute Gasteiger partial charge is 0.195 e. The van der Waals surface area contributed by atoms with Crippen LogP contribution in [-0.2, 0) is 0 Å². The van der Waals surface area contributed by atoms with Crippen molar-refractivity contribution in [3.05, 3.63) is 52.6 Å². The summed E-state index contributed by atoms with van der Waals surface area (Å²) in [5, 5.41) is 9.43. The lowest BCUT2D eigenvalue weighted by Gasteiger charge is -2.26. The van der Waals surface area contributed by atoms with Gasteiger partial charge in [0.15, 0.2) is 5.70 Å². The molecule has 2 rings (SSSR count). The van der Waals surface area contributed by atoms with Crippen LogP contribution in [0.3, 0.4) is 0 Å². The molecular formula is C16H15N3O. The molecule has 2 atom stereocenters. The van der Waals surface area contributed by atoms with E-state index in [2.05, 4.69) is 15.9 Å². The van der Waals surface area contributed by atoms with E-state index in [0.29, 0.717) is 11.4 Å². The van der Waals surface area contributed by atoms with Gasteiger partial charge in [-0.1, -0.05) is 12.1 Å². The zero-order chi connectivity index (χ0) is 14.7. The van der Waals surface area contributed by atoms with Crippen LogP contribution in [-0.4, -0.2) is 12.8 Å². The summed E-state index contributed by atoms with van der Waals surface area (Å²) in [6, 6.07) is 9.81. The largest absolute Gasteiger partial charge is 0.497 e. The summed E-state index contributed by atoms with van der Waals surface area (Å²) in [6.07, 6.45) is 0. The Bertz CT molecular complexity index is 674. The highest BCUT2D eigenvalue weighted by atomic mass is 16.5. The zero-order valence-corrected chi connectivity index (χ0v) is 11.7. The van der Waals surface area contributed by atoms with Gasteiger partial charge in [-0.05, 0) is 31.5 Å². The maximum absolute atomic E-state index is 9.43. The van der Waals surface area contributed by atoms with Gasteiger partial charge in [0.05, 0.1) is 25.7 Å². The maximum atomic E-state index is 9.43. The summed E-state index contributed by atoms with van der Waals surface area (Å²) < 4.78 is 5.23. The quantitative estimate of drug-likeness (QED) is 0.768. The molecule has 0 aromatic heterocycles. The van der Waals surface area contributed by atoms with Crippen LogP contribution >= 0.6 is 0 Å². The fourth-order valence-electron chi connectivity index (χ4n) is 2.52. The Hall–Kier alpha value is -2.59. The molecule has 0 amide bonds. The number of rotatable bonds is 2. The minimum atomic E-state index is -0.407. The van der Waals surface area contributed by atoms with Gasteiger partial charge in [-0.15, -0.1) is 0 Å². The van der Waals surface area contributed by atoms with E-state index in [1.807, 2.05) is 38.1 Å². The topological polar surface area (TPSA) is 49.7 Å². The number of nitrogens with zero attached hydrogens (tertiary/aromatic N) is 3. The predicted octanol–water partition coefficient (Wildman–Crippen LogP) is 3.54. The van der Waals surface area contributed by atoms with Gasteiger partial charge in [-0.2, -0.15) is 5.26 Å². The lowest BCUT2D eigenvalue weighted by Crippen LogP contribution is -2.24. The van der Waals surface area contributed by atoms with E-state index in [1.54, 1.807) is 7.11 Å². The van der Waals surface area contributed by atoms with Gasteiger partial charge in [0.2, 0.25) is 0 Å². The molecule has 1 aliphatic heterocycles. The van der Waals surface area contributed by atoms with E-state index in [1.165, 1.54) is 0 Å². The molecule has 0 spiro atoms. The van der Waals surface area contributed by atoms with Crippen molar-refractivity contribution in [3.8, 4) is 11.8 Å². The average Bonchev–Trinajstić information content (AvgIpc) is 2.46. The molecule has 1 heterocycles. The van der Waals surface area contributed by atoms with Gasteiger partial charge in [0.1, 0.15) is 5.75 Å². The molecule has 0 radical (unpaired) electrons. The molecule has 4 heteroatoms. The molecule has 0 N–H and O–H groups in total. The monoisotopic (exact) mass is 265 g/mol. The van der Waals surface area contributed by atoms with E-state index in [9.17, 15) is 5.26 Å². The Balaban J connectivity index is 2.59. The van der Waals surface area contributed by atoms with Crippen LogP contribution in [0.1, 0.15) is 25.3 Å². The van der Waals surface area contributed by atoms with E-state index in [0.717, 1.165) is 17.0 Å². The highest BCUT2D eigenvalue weighted by Gasteiger charge is 2.34. The minimum absolute atomic E-state index is 0.273. The van der Waals surface area contributed by atoms with Crippen LogP contribution in [0.2, 0.25) is 0 Å². The second kappa shape index (κ2) is 5.59. The fourth-order valence-corrected chi connectivity index (χ4v) is 2.52. The molecule has 20 heavy (non-hydrogen) atoms. The van der Waals surface area contributed by atoms with Crippen molar-refractivity contribution in [1.82, 2.24) is 0 Å². The molecule has 0 aliphatic carbocycles. The van der Waals surface area contributed by atoms with Crippen LogP contribution in [0.4, 0.5) is 0 Å². The van der Waals surface area contributed by atoms with Gasteiger partial charge in [-0.3, -0.25) is 4.99 Å². The summed E-state index contributed by atoms with van der Waals surface area (Å²) >= 11 is 0. The average molecular weight is 265 g/mol. The number of hydrogen-bond donors (Lipinski definition) is 0. The van der Waals surface area contributed by atoms with Crippen molar-refractivity contribution in [1.29, 1.82) is 5.26 Å². The van der Waals surface area contributed by atoms with Gasteiger partial charge in [0, 0.05) is 17.3 Å². The van der Waals surface area contributed by atoms with E-state index in [4.69, 9.17) is 11.3 Å². The molecule has 1 aliphatic rings. The zero-order valence-electron chi connectivity index (χ0n) is 11.7. The SMILES string of the molecule is [C-]#[N+]C1=C(C)N=C(C)C(C#N)C1c1cccc(OC)c1. The van der Waals surface area contributed by atoms with Crippen molar-refractivity contribution < 1.29 is 4.74 Å². The van der Waals surface area contributed by atoms with Crippen LogP contribution < -0.4 is 4.74 Å². The number of methoxy groups -OCH3 is 1. The third-order valence-electron chi connectivity index (χ3n) is 3.51. The first-order valence-electron chi connectivity index (χ1n) is 6.29. The van der Waals surface area contributed by atoms with Crippen molar-refractivity contribution in [3.63, 3.8) is 0 Å². The number of aliphatic imine (C=N–C) groups is 1. The standard InChI is InChI=1S/C16H15N3O/c1-10-14(9-17)15(16(18-3)11(2)19-10)12-6-5-7-13(8-12)20-4/h5-8,14-15H,1-2,4H3. The molecule has 4 nitrogen and oxygen atoms in total. The van der Waals surface area contributed by atoms with Crippen LogP contribution in [0.15, 0.2) is 40.7 Å². The van der Waals surface area contributed by atoms with E-state index in [-0.39, 0.29) is 5.92 Å². The van der Waals surface area contributed by atoms with Crippen LogP contribution in [0.5, 0.6) is 5.75 Å². The van der Waals surface area contributed by atoms with Gasteiger partial charge in [-0.25, -0.2) is 4.85 Å². The number of nitriles is 1. The van der Waals surface area contributed by atoms with Crippen molar-refractivity contribution in [2.24, 2.45) is 10.9 Å². The van der Waals surface area contributed by atoms with Crippen molar-refractivity contribution in [2.45, 2.75) is 19.8 Å².